The van der Waals surface area contributed by atoms with E-state index in [0.29, 0.717) is 11.4 Å². The number of pyridine rings is 1. The molecule has 0 aliphatic heterocycles. The molecule has 0 aliphatic rings. The van der Waals surface area contributed by atoms with Crippen LogP contribution in [0.15, 0.2) is 71.5 Å². The van der Waals surface area contributed by atoms with E-state index in [2.05, 4.69) is 0 Å². The molecule has 3 rings (SSSR count). The first kappa shape index (κ1) is 13.9. The summed E-state index contributed by atoms with van der Waals surface area (Å²) in [5.41, 5.74) is 2.93. The van der Waals surface area contributed by atoms with Crippen molar-refractivity contribution in [3.8, 4) is 28.1 Å². The second kappa shape index (κ2) is 5.77. The Morgan fingerprint density at radius 2 is 1.59 bits per heavy atom. The van der Waals surface area contributed by atoms with Crippen molar-refractivity contribution in [3.05, 3.63) is 77.1 Å². The number of nitrogens with zero attached hydrogens (tertiary/aromatic N) is 1. The van der Waals surface area contributed by atoms with Crippen molar-refractivity contribution in [1.29, 1.82) is 0 Å². The molecule has 3 aromatic rings. The number of nitrogens with two attached hydrogens (primary N) is 1. The van der Waals surface area contributed by atoms with Crippen molar-refractivity contribution in [3.63, 3.8) is 0 Å². The number of nitrogen functional groups attached to an aromatic ring is 1. The fraction of sp³-hybridized carbons (Fsp3) is 0.0556. The minimum atomic E-state index is -0.262. The molecule has 1 heterocycles. The van der Waals surface area contributed by atoms with Crippen LogP contribution in [-0.2, 0) is 0 Å². The normalized spacial score (nSPS) is 10.4. The Hall–Kier alpha value is -3.01. The van der Waals surface area contributed by atoms with E-state index in [1.807, 2.05) is 60.7 Å². The predicted molar refractivity (Wildman–Crippen MR) is 88.3 cm³/mol. The molecule has 0 radical (unpaired) electrons. The highest BCUT2D eigenvalue weighted by Gasteiger charge is 2.12. The number of benzene rings is 2. The van der Waals surface area contributed by atoms with Gasteiger partial charge in [-0.25, -0.2) is 4.68 Å². The van der Waals surface area contributed by atoms with E-state index in [4.69, 9.17) is 10.6 Å². The standard InChI is InChI=1S/C18H16N2O2/c1-22-17-10-6-5-9-15(17)16-11-14(12-18(21)20(16)19)13-7-3-2-4-8-13/h2-12H,19H2,1H3. The Morgan fingerprint density at radius 1 is 0.909 bits per heavy atom. The highest BCUT2D eigenvalue weighted by molar-refractivity contribution is 5.74. The second-order valence-electron chi connectivity index (χ2n) is 4.90. The molecule has 0 spiro atoms. The molecule has 0 fully saturated rings. The van der Waals surface area contributed by atoms with Gasteiger partial charge in [-0.2, -0.15) is 0 Å². The smallest absolute Gasteiger partial charge is 0.269 e. The van der Waals surface area contributed by atoms with Crippen LogP contribution < -0.4 is 16.1 Å². The van der Waals surface area contributed by atoms with Crippen molar-refractivity contribution >= 4 is 0 Å². The van der Waals surface area contributed by atoms with Crippen molar-refractivity contribution < 1.29 is 4.74 Å². The first-order chi connectivity index (χ1) is 10.7. The molecule has 0 saturated heterocycles. The van der Waals surface area contributed by atoms with Gasteiger partial charge in [0.25, 0.3) is 5.56 Å². The van der Waals surface area contributed by atoms with Crippen molar-refractivity contribution in [1.82, 2.24) is 4.68 Å². The summed E-state index contributed by atoms with van der Waals surface area (Å²) in [7, 11) is 1.60. The van der Waals surface area contributed by atoms with Gasteiger partial charge in [0.05, 0.1) is 12.8 Å². The number of para-hydroxylation sites is 1. The molecule has 22 heavy (non-hydrogen) atoms. The van der Waals surface area contributed by atoms with E-state index in [9.17, 15) is 4.79 Å². The van der Waals surface area contributed by atoms with E-state index in [-0.39, 0.29) is 5.56 Å². The molecule has 0 unspecified atom stereocenters. The van der Waals surface area contributed by atoms with Crippen LogP contribution in [0.2, 0.25) is 0 Å². The Morgan fingerprint density at radius 3 is 2.32 bits per heavy atom. The number of ether oxygens (including phenoxy) is 1. The predicted octanol–water partition coefficient (Wildman–Crippen LogP) is 2.90. The molecule has 0 bridgehead atoms. The largest absolute Gasteiger partial charge is 0.496 e. The van der Waals surface area contributed by atoms with Gasteiger partial charge in [-0.3, -0.25) is 4.79 Å². The topological polar surface area (TPSA) is 57.2 Å². The molecule has 1 aromatic heterocycles. The summed E-state index contributed by atoms with van der Waals surface area (Å²) in [5.74, 6) is 6.61. The van der Waals surface area contributed by atoms with Crippen molar-refractivity contribution in [2.24, 2.45) is 0 Å². The fourth-order valence-corrected chi connectivity index (χ4v) is 2.44. The average molecular weight is 292 g/mol. The fourth-order valence-electron chi connectivity index (χ4n) is 2.44. The lowest BCUT2D eigenvalue weighted by atomic mass is 10.0. The minimum absolute atomic E-state index is 0.262. The number of hydrogen-bond acceptors (Lipinski definition) is 3. The minimum Gasteiger partial charge on any atom is -0.496 e. The number of hydrogen-bond donors (Lipinski definition) is 1. The SMILES string of the molecule is COc1ccccc1-c1cc(-c2ccccc2)cc(=O)n1N. The van der Waals surface area contributed by atoms with E-state index >= 15 is 0 Å². The molecule has 0 atom stereocenters. The molecule has 4 heteroatoms. The molecule has 0 amide bonds. The quantitative estimate of drug-likeness (QED) is 0.755. The van der Waals surface area contributed by atoms with E-state index in [0.717, 1.165) is 21.4 Å². The summed E-state index contributed by atoms with van der Waals surface area (Å²) in [6, 6.07) is 20.7. The Bertz CT molecular complexity index is 854. The van der Waals surface area contributed by atoms with Gasteiger partial charge in [0.1, 0.15) is 5.75 Å². The summed E-state index contributed by atoms with van der Waals surface area (Å²) in [4.78, 5) is 12.2. The lowest BCUT2D eigenvalue weighted by molar-refractivity contribution is 0.416. The zero-order valence-corrected chi connectivity index (χ0v) is 12.2. The van der Waals surface area contributed by atoms with Gasteiger partial charge >= 0.3 is 0 Å². The maximum Gasteiger partial charge on any atom is 0.269 e. The first-order valence-electron chi connectivity index (χ1n) is 6.91. The Labute approximate surface area is 128 Å². The first-order valence-corrected chi connectivity index (χ1v) is 6.91. The van der Waals surface area contributed by atoms with Crippen LogP contribution in [0, 0.1) is 0 Å². The third-order valence-corrected chi connectivity index (χ3v) is 3.56. The number of rotatable bonds is 3. The highest BCUT2D eigenvalue weighted by atomic mass is 16.5. The molecular weight excluding hydrogens is 276 g/mol. The van der Waals surface area contributed by atoms with E-state index < -0.39 is 0 Å². The molecule has 110 valence electrons. The van der Waals surface area contributed by atoms with Crippen LogP contribution in [0.25, 0.3) is 22.4 Å². The van der Waals surface area contributed by atoms with Gasteiger partial charge in [0.15, 0.2) is 0 Å². The maximum absolute atomic E-state index is 12.2. The van der Waals surface area contributed by atoms with Crippen molar-refractivity contribution in [2.75, 3.05) is 13.0 Å². The van der Waals surface area contributed by atoms with Crippen LogP contribution in [-0.4, -0.2) is 11.8 Å². The lowest BCUT2D eigenvalue weighted by Crippen LogP contribution is -2.28. The molecule has 0 aliphatic carbocycles. The summed E-state index contributed by atoms with van der Waals surface area (Å²) in [5, 5.41) is 0. The molecule has 4 nitrogen and oxygen atoms in total. The Kier molecular flexibility index (Phi) is 3.66. The second-order valence-corrected chi connectivity index (χ2v) is 4.90. The van der Waals surface area contributed by atoms with Gasteiger partial charge in [0.2, 0.25) is 0 Å². The van der Waals surface area contributed by atoms with Crippen LogP contribution in [0.5, 0.6) is 5.75 Å². The van der Waals surface area contributed by atoms with E-state index in [1.54, 1.807) is 7.11 Å². The van der Waals surface area contributed by atoms with Crippen LogP contribution in [0.3, 0.4) is 0 Å². The third-order valence-electron chi connectivity index (χ3n) is 3.56. The molecular formula is C18H16N2O2. The summed E-state index contributed by atoms with van der Waals surface area (Å²) in [6.07, 6.45) is 0. The van der Waals surface area contributed by atoms with Crippen LogP contribution in [0.1, 0.15) is 0 Å². The number of aromatic nitrogens is 1. The monoisotopic (exact) mass is 292 g/mol. The molecule has 0 saturated carbocycles. The summed E-state index contributed by atoms with van der Waals surface area (Å²) >= 11 is 0. The Balaban J connectivity index is 2.24. The highest BCUT2D eigenvalue weighted by Crippen LogP contribution is 2.30. The van der Waals surface area contributed by atoms with Crippen LogP contribution in [0.4, 0.5) is 0 Å². The van der Waals surface area contributed by atoms with Gasteiger partial charge in [-0.15, -0.1) is 0 Å². The van der Waals surface area contributed by atoms with Gasteiger partial charge in [-0.05, 0) is 29.3 Å². The third kappa shape index (κ3) is 2.46. The van der Waals surface area contributed by atoms with Gasteiger partial charge < -0.3 is 10.6 Å². The zero-order chi connectivity index (χ0) is 15.5. The van der Waals surface area contributed by atoms with Gasteiger partial charge in [0, 0.05) is 11.6 Å². The average Bonchev–Trinajstić information content (AvgIpc) is 2.58. The maximum atomic E-state index is 12.2. The van der Waals surface area contributed by atoms with Gasteiger partial charge in [-0.1, -0.05) is 42.5 Å². The lowest BCUT2D eigenvalue weighted by Gasteiger charge is -2.13. The van der Waals surface area contributed by atoms with E-state index in [1.165, 1.54) is 6.07 Å². The summed E-state index contributed by atoms with van der Waals surface area (Å²) in [6.45, 7) is 0. The van der Waals surface area contributed by atoms with Crippen molar-refractivity contribution in [2.45, 2.75) is 0 Å². The molecule has 2 aromatic carbocycles. The zero-order valence-electron chi connectivity index (χ0n) is 12.2. The number of methoxy groups -OCH3 is 1. The summed E-state index contributed by atoms with van der Waals surface area (Å²) < 4.78 is 6.51. The van der Waals surface area contributed by atoms with Crippen LogP contribution >= 0.6 is 0 Å². The molecule has 2 N–H and O–H groups in total.